The number of piperidine rings is 1. The van der Waals surface area contributed by atoms with Crippen molar-refractivity contribution in [2.75, 3.05) is 19.6 Å². The molecule has 2 aliphatic heterocycles. The standard InChI is InChI=1S/C30H49NO7/c1-7-27(4)19-21(33)30(36)28(5)20(32)14-15-26(2,3)24(28)23(25(35)29(30,6)38-27)37-22(34)13-9-12-18-31-16-10-8-11-17-31/h7,20,23-25,32,35-36H,1,8-19H2,2-6H3/t20-,23?,24?,25?,27-,28?,29+,30-/m0/s1. The summed E-state index contributed by atoms with van der Waals surface area (Å²) in [6, 6.07) is 0. The SMILES string of the molecule is C=C[C@@]1(C)CC(=O)[C@]2(O)C3(C)C(C(OC(=O)CCCCN4CCCCC4)C(O)[C@@]2(C)O1)C(C)(C)CC[C@@H]3O. The molecular formula is C30H49NO7. The molecule has 2 saturated heterocycles. The van der Waals surface area contributed by atoms with Gasteiger partial charge in [-0.3, -0.25) is 9.59 Å². The van der Waals surface area contributed by atoms with E-state index in [4.69, 9.17) is 9.47 Å². The highest BCUT2D eigenvalue weighted by molar-refractivity contribution is 5.92. The van der Waals surface area contributed by atoms with E-state index >= 15 is 0 Å². The minimum atomic E-state index is -2.19. The molecule has 0 aromatic carbocycles. The van der Waals surface area contributed by atoms with Crippen LogP contribution in [0.5, 0.6) is 0 Å². The summed E-state index contributed by atoms with van der Waals surface area (Å²) in [6.07, 6.45) is 4.25. The fourth-order valence-corrected chi connectivity index (χ4v) is 8.40. The Balaban J connectivity index is 1.62. The Morgan fingerprint density at radius 1 is 1.13 bits per heavy atom. The van der Waals surface area contributed by atoms with Crippen molar-refractivity contribution in [1.29, 1.82) is 0 Å². The lowest BCUT2D eigenvalue weighted by atomic mass is 9.40. The number of carbonyl (C=O) groups is 2. The Bertz CT molecular complexity index is 932. The van der Waals surface area contributed by atoms with Crippen LogP contribution in [0.2, 0.25) is 0 Å². The van der Waals surface area contributed by atoms with Gasteiger partial charge < -0.3 is 29.7 Å². The monoisotopic (exact) mass is 535 g/mol. The first-order valence-corrected chi connectivity index (χ1v) is 14.5. The van der Waals surface area contributed by atoms with Crippen LogP contribution < -0.4 is 0 Å². The molecule has 2 aliphatic carbocycles. The molecular weight excluding hydrogens is 486 g/mol. The van der Waals surface area contributed by atoms with Gasteiger partial charge in [0.2, 0.25) is 0 Å². The van der Waals surface area contributed by atoms with Crippen molar-refractivity contribution in [1.82, 2.24) is 4.90 Å². The van der Waals surface area contributed by atoms with Crippen molar-refractivity contribution in [2.24, 2.45) is 16.7 Å². The fourth-order valence-electron chi connectivity index (χ4n) is 8.40. The molecule has 0 aromatic heterocycles. The van der Waals surface area contributed by atoms with Crippen LogP contribution in [0.4, 0.5) is 0 Å². The normalized spacial score (nSPS) is 45.1. The third-order valence-corrected chi connectivity index (χ3v) is 10.6. The number of likely N-dealkylation sites (tertiary alicyclic amines) is 1. The molecule has 8 heteroatoms. The molecule has 8 nitrogen and oxygen atoms in total. The third-order valence-electron chi connectivity index (χ3n) is 10.6. The summed E-state index contributed by atoms with van der Waals surface area (Å²) in [6.45, 7) is 15.9. The molecule has 4 unspecified atom stereocenters. The predicted octanol–water partition coefficient (Wildman–Crippen LogP) is 3.16. The summed E-state index contributed by atoms with van der Waals surface area (Å²) in [5, 5.41) is 35.6. The lowest BCUT2D eigenvalue weighted by Gasteiger charge is -2.71. The van der Waals surface area contributed by atoms with Crippen LogP contribution in [0.25, 0.3) is 0 Å². The van der Waals surface area contributed by atoms with Crippen molar-refractivity contribution in [3.05, 3.63) is 12.7 Å². The van der Waals surface area contributed by atoms with Gasteiger partial charge in [-0.15, -0.1) is 6.58 Å². The second kappa shape index (κ2) is 10.3. The van der Waals surface area contributed by atoms with Crippen molar-refractivity contribution in [3.8, 4) is 0 Å². The summed E-state index contributed by atoms with van der Waals surface area (Å²) in [5.74, 6) is -1.60. The first kappa shape index (κ1) is 29.7. The van der Waals surface area contributed by atoms with Crippen molar-refractivity contribution in [2.45, 2.75) is 128 Å². The quantitative estimate of drug-likeness (QED) is 0.259. The number of aliphatic hydroxyl groups is 3. The number of unbranched alkanes of at least 4 members (excludes halogenated alkanes) is 1. The maximum atomic E-state index is 13.8. The molecule has 3 N–H and O–H groups in total. The molecule has 38 heavy (non-hydrogen) atoms. The van der Waals surface area contributed by atoms with Gasteiger partial charge in [-0.25, -0.2) is 0 Å². The molecule has 2 saturated carbocycles. The van der Waals surface area contributed by atoms with Gasteiger partial charge in [-0.2, -0.15) is 0 Å². The van der Waals surface area contributed by atoms with E-state index in [1.165, 1.54) is 32.3 Å². The molecule has 4 aliphatic rings. The van der Waals surface area contributed by atoms with Crippen LogP contribution in [0.3, 0.4) is 0 Å². The molecule has 2 heterocycles. The number of nitrogens with zero attached hydrogens (tertiary/aromatic N) is 1. The number of ketones is 1. The van der Waals surface area contributed by atoms with Crippen molar-refractivity contribution in [3.63, 3.8) is 0 Å². The lowest BCUT2D eigenvalue weighted by molar-refractivity contribution is -0.370. The van der Waals surface area contributed by atoms with Gasteiger partial charge >= 0.3 is 5.97 Å². The Morgan fingerprint density at radius 3 is 2.42 bits per heavy atom. The predicted molar refractivity (Wildman–Crippen MR) is 143 cm³/mol. The smallest absolute Gasteiger partial charge is 0.306 e. The number of ether oxygens (including phenoxy) is 2. The van der Waals surface area contributed by atoms with E-state index in [-0.39, 0.29) is 12.8 Å². The van der Waals surface area contributed by atoms with Crippen LogP contribution in [0.15, 0.2) is 12.7 Å². The van der Waals surface area contributed by atoms with E-state index in [1.54, 1.807) is 13.8 Å². The highest BCUT2D eigenvalue weighted by atomic mass is 16.6. The first-order chi connectivity index (χ1) is 17.7. The summed E-state index contributed by atoms with van der Waals surface area (Å²) in [4.78, 5) is 29.4. The highest BCUT2D eigenvalue weighted by Gasteiger charge is 2.81. The minimum absolute atomic E-state index is 0.133. The number of aliphatic hydroxyl groups excluding tert-OH is 2. The summed E-state index contributed by atoms with van der Waals surface area (Å²) < 4.78 is 12.4. The van der Waals surface area contributed by atoms with E-state index in [9.17, 15) is 24.9 Å². The Kier molecular flexibility index (Phi) is 8.01. The number of esters is 1. The van der Waals surface area contributed by atoms with Crippen LogP contribution in [-0.4, -0.2) is 86.7 Å². The number of hydrogen-bond donors (Lipinski definition) is 3. The van der Waals surface area contributed by atoms with Crippen LogP contribution >= 0.6 is 0 Å². The van der Waals surface area contributed by atoms with E-state index in [0.717, 1.165) is 26.1 Å². The number of carbonyl (C=O) groups excluding carboxylic acids is 2. The van der Waals surface area contributed by atoms with Gasteiger partial charge in [-0.1, -0.05) is 33.3 Å². The topological polar surface area (TPSA) is 117 Å². The maximum absolute atomic E-state index is 13.8. The number of Topliss-reactive ketones (excluding diaryl/α,β-unsaturated/α-hetero) is 1. The van der Waals surface area contributed by atoms with Crippen molar-refractivity contribution >= 4 is 11.8 Å². The third kappa shape index (κ3) is 4.48. The van der Waals surface area contributed by atoms with Gasteiger partial charge in [0.25, 0.3) is 0 Å². The average Bonchev–Trinajstić information content (AvgIpc) is 2.86. The van der Waals surface area contributed by atoms with E-state index < -0.39 is 63.6 Å². The van der Waals surface area contributed by atoms with Crippen molar-refractivity contribution < 1.29 is 34.4 Å². The molecule has 0 bridgehead atoms. The maximum Gasteiger partial charge on any atom is 0.306 e. The summed E-state index contributed by atoms with van der Waals surface area (Å²) in [7, 11) is 0. The summed E-state index contributed by atoms with van der Waals surface area (Å²) >= 11 is 0. The van der Waals surface area contributed by atoms with Crippen LogP contribution in [0, 0.1) is 16.7 Å². The Morgan fingerprint density at radius 2 is 1.79 bits per heavy atom. The Hall–Kier alpha value is -1.32. The lowest BCUT2D eigenvalue weighted by Crippen LogP contribution is -2.86. The zero-order valence-corrected chi connectivity index (χ0v) is 24.0. The fraction of sp³-hybridized carbons (Fsp3) is 0.867. The van der Waals surface area contributed by atoms with Gasteiger partial charge in [0.15, 0.2) is 11.4 Å². The van der Waals surface area contributed by atoms with Gasteiger partial charge in [-0.05, 0) is 77.4 Å². The van der Waals surface area contributed by atoms with Gasteiger partial charge in [0, 0.05) is 24.2 Å². The van der Waals surface area contributed by atoms with E-state index in [2.05, 4.69) is 11.5 Å². The largest absolute Gasteiger partial charge is 0.459 e. The Labute approximate surface area is 227 Å². The number of rotatable bonds is 7. The average molecular weight is 536 g/mol. The molecule has 4 rings (SSSR count). The molecule has 0 radical (unpaired) electrons. The molecule has 0 amide bonds. The molecule has 0 spiro atoms. The number of fused-ring (bicyclic) bond motifs is 3. The van der Waals surface area contributed by atoms with Crippen LogP contribution in [0.1, 0.15) is 92.4 Å². The zero-order valence-electron chi connectivity index (χ0n) is 24.0. The first-order valence-electron chi connectivity index (χ1n) is 14.5. The highest BCUT2D eigenvalue weighted by Crippen LogP contribution is 2.67. The van der Waals surface area contributed by atoms with E-state index in [1.807, 2.05) is 13.8 Å². The second-order valence-electron chi connectivity index (χ2n) is 13.6. The van der Waals surface area contributed by atoms with Gasteiger partial charge in [0.05, 0.1) is 11.7 Å². The van der Waals surface area contributed by atoms with Crippen LogP contribution in [-0.2, 0) is 19.1 Å². The molecule has 216 valence electrons. The molecule has 8 atom stereocenters. The second-order valence-corrected chi connectivity index (χ2v) is 13.6. The van der Waals surface area contributed by atoms with E-state index in [0.29, 0.717) is 19.3 Å². The molecule has 0 aromatic rings. The zero-order chi connectivity index (χ0) is 28.1. The minimum Gasteiger partial charge on any atom is -0.459 e. The van der Waals surface area contributed by atoms with Gasteiger partial charge in [0.1, 0.15) is 17.8 Å². The molecule has 4 fully saturated rings. The number of hydrogen-bond acceptors (Lipinski definition) is 8. The summed E-state index contributed by atoms with van der Waals surface area (Å²) in [5.41, 5.74) is -7.10.